The standard InChI is InChI=1S/C41H48N6O6Si/c1-27-39(54(2,3)52)36(18-21-44-25-34(42-43-44)32(26-48)29-11-5-4-6-12-29)53-41(27)33-23-31(46-20-9-15-38(46)50)16-17-35(33)47(40(41)51)24-28-10-7-13-30(22-28)45-19-8-14-37(45)49/h4-7,10-13,16-17,22-23,25,27,32,36,39,48,52H,8-9,14-15,18-21,24,26H2,1-3H3/t27-,32?,36+,39-,41+/m1/s1. The van der Waals surface area contributed by atoms with Crippen molar-refractivity contribution in [3.8, 4) is 0 Å². The van der Waals surface area contributed by atoms with Gasteiger partial charge in [-0.15, -0.1) is 5.10 Å². The van der Waals surface area contributed by atoms with Gasteiger partial charge in [0.05, 0.1) is 36.6 Å². The Morgan fingerprint density at radius 3 is 2.28 bits per heavy atom. The number of hydrogen-bond donors (Lipinski definition) is 2. The fourth-order valence-corrected chi connectivity index (χ4v) is 12.0. The van der Waals surface area contributed by atoms with Gasteiger partial charge in [0.25, 0.3) is 5.91 Å². The Hall–Kier alpha value is -4.69. The molecule has 54 heavy (non-hydrogen) atoms. The second kappa shape index (κ2) is 14.2. The van der Waals surface area contributed by atoms with Crippen LogP contribution >= 0.6 is 0 Å². The van der Waals surface area contributed by atoms with Gasteiger partial charge in [-0.05, 0) is 73.8 Å². The van der Waals surface area contributed by atoms with Crippen molar-refractivity contribution >= 4 is 43.1 Å². The highest BCUT2D eigenvalue weighted by Gasteiger charge is 2.66. The Kier molecular flexibility index (Phi) is 9.53. The second-order valence-electron chi connectivity index (χ2n) is 15.8. The summed E-state index contributed by atoms with van der Waals surface area (Å²) < 4.78 is 8.87. The quantitative estimate of drug-likeness (QED) is 0.202. The van der Waals surface area contributed by atoms with Gasteiger partial charge in [0.1, 0.15) is 0 Å². The number of amides is 3. The largest absolute Gasteiger partial charge is 0.432 e. The molecule has 0 radical (unpaired) electrons. The third-order valence-electron chi connectivity index (χ3n) is 11.9. The average Bonchev–Trinajstić information content (AvgIpc) is 3.99. The molecule has 5 atom stereocenters. The summed E-state index contributed by atoms with van der Waals surface area (Å²) in [6.07, 6.45) is 4.47. The van der Waals surface area contributed by atoms with Crippen molar-refractivity contribution in [2.45, 2.75) is 88.4 Å². The lowest BCUT2D eigenvalue weighted by Crippen LogP contribution is -2.46. The van der Waals surface area contributed by atoms with E-state index < -0.39 is 20.0 Å². The molecule has 4 aliphatic rings. The fraction of sp³-hybridized carbons (Fsp3) is 0.439. The molecule has 4 aromatic rings. The lowest BCUT2D eigenvalue weighted by atomic mass is 9.82. The zero-order chi connectivity index (χ0) is 37.8. The maximum Gasteiger partial charge on any atom is 0.264 e. The number of aryl methyl sites for hydroxylation is 1. The number of hydrogen-bond acceptors (Lipinski definition) is 8. The summed E-state index contributed by atoms with van der Waals surface area (Å²) in [5, 5.41) is 19.0. The van der Waals surface area contributed by atoms with Crippen LogP contribution in [0.3, 0.4) is 0 Å². The molecule has 3 fully saturated rings. The van der Waals surface area contributed by atoms with E-state index in [0.29, 0.717) is 50.2 Å². The number of nitrogens with zero attached hydrogens (tertiary/aromatic N) is 6. The molecule has 13 heteroatoms. The number of aliphatic hydroxyl groups is 1. The molecule has 0 aliphatic carbocycles. The number of aromatic nitrogens is 3. The van der Waals surface area contributed by atoms with Crippen LogP contribution in [0.15, 0.2) is 79.0 Å². The van der Waals surface area contributed by atoms with Crippen LogP contribution in [-0.4, -0.2) is 76.7 Å². The number of carbonyl (C=O) groups is 3. The second-order valence-corrected chi connectivity index (χ2v) is 19.7. The molecule has 3 aromatic carbocycles. The van der Waals surface area contributed by atoms with E-state index in [1.165, 1.54) is 0 Å². The van der Waals surface area contributed by atoms with Crippen LogP contribution in [0, 0.1) is 5.92 Å². The van der Waals surface area contributed by atoms with E-state index in [1.54, 1.807) is 19.4 Å². The van der Waals surface area contributed by atoms with Crippen LogP contribution in [-0.2, 0) is 37.8 Å². The normalized spacial score (nSPS) is 24.7. The summed E-state index contributed by atoms with van der Waals surface area (Å²) in [6, 6.07) is 23.3. The first-order valence-electron chi connectivity index (χ1n) is 19.1. The molecule has 282 valence electrons. The molecule has 1 spiro atoms. The molecule has 12 nitrogen and oxygen atoms in total. The zero-order valence-corrected chi connectivity index (χ0v) is 32.1. The first kappa shape index (κ1) is 36.3. The fourth-order valence-electron chi connectivity index (χ4n) is 9.40. The van der Waals surface area contributed by atoms with Gasteiger partial charge in [0, 0.05) is 67.1 Å². The Labute approximate surface area is 316 Å². The van der Waals surface area contributed by atoms with Gasteiger partial charge in [0.15, 0.2) is 13.9 Å². The Balaban J connectivity index is 1.13. The van der Waals surface area contributed by atoms with E-state index in [9.17, 15) is 19.5 Å². The van der Waals surface area contributed by atoms with Crippen LogP contribution in [0.4, 0.5) is 17.1 Å². The van der Waals surface area contributed by atoms with Crippen molar-refractivity contribution in [3.63, 3.8) is 0 Å². The molecule has 8 rings (SSSR count). The zero-order valence-electron chi connectivity index (χ0n) is 31.1. The Bertz CT molecular complexity index is 2070. The van der Waals surface area contributed by atoms with Gasteiger partial charge in [-0.3, -0.25) is 19.1 Å². The number of anilines is 3. The predicted molar refractivity (Wildman–Crippen MR) is 206 cm³/mol. The summed E-state index contributed by atoms with van der Waals surface area (Å²) in [7, 11) is -2.95. The molecule has 0 bridgehead atoms. The topological polar surface area (TPSA) is 141 Å². The van der Waals surface area contributed by atoms with Crippen LogP contribution < -0.4 is 14.7 Å². The number of aliphatic hydroxyl groups excluding tert-OH is 1. The molecule has 3 amide bonds. The Morgan fingerprint density at radius 2 is 1.63 bits per heavy atom. The molecule has 4 aliphatic heterocycles. The number of ether oxygens (including phenoxy) is 1. The van der Waals surface area contributed by atoms with Crippen molar-refractivity contribution in [1.82, 2.24) is 15.0 Å². The summed E-state index contributed by atoms with van der Waals surface area (Å²) in [6.45, 7) is 7.73. The van der Waals surface area contributed by atoms with Gasteiger partial charge in [-0.1, -0.05) is 54.6 Å². The molecule has 3 saturated heterocycles. The van der Waals surface area contributed by atoms with Crippen LogP contribution in [0.5, 0.6) is 0 Å². The van der Waals surface area contributed by atoms with Crippen molar-refractivity contribution in [2.75, 3.05) is 34.4 Å². The van der Waals surface area contributed by atoms with E-state index in [-0.39, 0.29) is 48.3 Å². The third-order valence-corrected chi connectivity index (χ3v) is 14.4. The molecular weight excluding hydrogens is 701 g/mol. The summed E-state index contributed by atoms with van der Waals surface area (Å²) in [5.74, 6) is -0.729. The van der Waals surface area contributed by atoms with Crippen LogP contribution in [0.1, 0.15) is 67.3 Å². The van der Waals surface area contributed by atoms with Crippen molar-refractivity contribution in [2.24, 2.45) is 5.92 Å². The van der Waals surface area contributed by atoms with E-state index in [4.69, 9.17) is 4.74 Å². The lowest BCUT2D eigenvalue weighted by molar-refractivity contribution is -0.146. The summed E-state index contributed by atoms with van der Waals surface area (Å²) >= 11 is 0. The Morgan fingerprint density at radius 1 is 0.926 bits per heavy atom. The van der Waals surface area contributed by atoms with E-state index in [1.807, 2.05) is 99.0 Å². The average molecular weight is 749 g/mol. The minimum absolute atomic E-state index is 0.0568. The highest BCUT2D eigenvalue weighted by Crippen LogP contribution is 2.60. The van der Waals surface area contributed by atoms with Crippen molar-refractivity contribution in [1.29, 1.82) is 0 Å². The number of rotatable bonds is 11. The maximum absolute atomic E-state index is 15.2. The van der Waals surface area contributed by atoms with Gasteiger partial charge in [-0.2, -0.15) is 0 Å². The minimum Gasteiger partial charge on any atom is -0.432 e. The summed E-state index contributed by atoms with van der Waals surface area (Å²) in [4.78, 5) is 57.9. The number of carbonyl (C=O) groups excluding carboxylic acids is 3. The predicted octanol–water partition coefficient (Wildman–Crippen LogP) is 5.09. The smallest absolute Gasteiger partial charge is 0.264 e. The van der Waals surface area contributed by atoms with Crippen molar-refractivity contribution < 1.29 is 29.0 Å². The molecule has 1 unspecified atom stereocenters. The third kappa shape index (κ3) is 6.26. The van der Waals surface area contributed by atoms with Crippen LogP contribution in [0.2, 0.25) is 18.6 Å². The SMILES string of the molecule is C[C@@H]1[C@@H]([Si](C)(C)O)[C@H](CCn2cc(C(CO)c3ccccc3)nn2)O[C@@]12C(=O)N(Cc1cccc(N3CCCC3=O)c1)c1ccc(N3CCCC3=O)cc12. The highest BCUT2D eigenvalue weighted by molar-refractivity contribution is 6.71. The molecule has 2 N–H and O–H groups in total. The molecular formula is C41H48N6O6Si. The maximum atomic E-state index is 15.2. The highest BCUT2D eigenvalue weighted by atomic mass is 28.4. The lowest BCUT2D eigenvalue weighted by Gasteiger charge is -2.32. The molecule has 0 saturated carbocycles. The van der Waals surface area contributed by atoms with E-state index in [0.717, 1.165) is 41.0 Å². The number of benzene rings is 3. The minimum atomic E-state index is -2.95. The van der Waals surface area contributed by atoms with E-state index >= 15 is 4.79 Å². The van der Waals surface area contributed by atoms with Gasteiger partial charge >= 0.3 is 0 Å². The van der Waals surface area contributed by atoms with Gasteiger partial charge in [-0.25, -0.2) is 0 Å². The van der Waals surface area contributed by atoms with Crippen LogP contribution in [0.25, 0.3) is 0 Å². The number of fused-ring (bicyclic) bond motifs is 2. The summed E-state index contributed by atoms with van der Waals surface area (Å²) in [5.41, 5.74) is 3.80. The first-order valence-corrected chi connectivity index (χ1v) is 22.1. The van der Waals surface area contributed by atoms with E-state index in [2.05, 4.69) is 10.3 Å². The first-order chi connectivity index (χ1) is 26.0. The van der Waals surface area contributed by atoms with Crippen molar-refractivity contribution in [3.05, 3.63) is 101 Å². The molecule has 1 aromatic heterocycles. The molecule has 5 heterocycles. The monoisotopic (exact) mass is 748 g/mol. The van der Waals surface area contributed by atoms with Gasteiger partial charge in [0.2, 0.25) is 11.8 Å². The van der Waals surface area contributed by atoms with Gasteiger partial charge < -0.3 is 29.3 Å².